The van der Waals surface area contributed by atoms with Gasteiger partial charge in [0.05, 0.1) is 0 Å². The summed E-state index contributed by atoms with van der Waals surface area (Å²) in [5, 5.41) is 8.71. The summed E-state index contributed by atoms with van der Waals surface area (Å²) < 4.78 is 6.19. The van der Waals surface area contributed by atoms with Gasteiger partial charge in [0.15, 0.2) is 9.04 Å². The molecule has 0 saturated carbocycles. The highest BCUT2D eigenvalue weighted by molar-refractivity contribution is 6.48. The molecule has 0 bridgehead atoms. The SMILES string of the molecule is C[SiH](C)OC(CCCCCCCCCO)C(C)(C)C. The van der Waals surface area contributed by atoms with Crippen LogP contribution in [0.4, 0.5) is 0 Å². The number of hydrogen-bond acceptors (Lipinski definition) is 2. The Hall–Kier alpha value is 0.137. The van der Waals surface area contributed by atoms with Crippen molar-refractivity contribution in [2.24, 2.45) is 5.41 Å². The highest BCUT2D eigenvalue weighted by Gasteiger charge is 2.25. The molecule has 0 radical (unpaired) electrons. The maximum atomic E-state index is 8.71. The van der Waals surface area contributed by atoms with Crippen LogP contribution in [0.25, 0.3) is 0 Å². The van der Waals surface area contributed by atoms with Gasteiger partial charge in [-0.25, -0.2) is 0 Å². The molecule has 0 fully saturated rings. The lowest BCUT2D eigenvalue weighted by Gasteiger charge is -2.32. The van der Waals surface area contributed by atoms with Crippen LogP contribution in [0.2, 0.25) is 13.1 Å². The molecule has 0 aliphatic heterocycles. The fourth-order valence-corrected chi connectivity index (χ4v) is 3.56. The standard InChI is InChI=1S/C16H36O2Si/c1-16(2,3)15(18-19(4)5)13-11-9-7-6-8-10-12-14-17/h15,17,19H,6-14H2,1-5H3. The third kappa shape index (κ3) is 11.6. The van der Waals surface area contributed by atoms with Gasteiger partial charge >= 0.3 is 0 Å². The molecule has 19 heavy (non-hydrogen) atoms. The van der Waals surface area contributed by atoms with E-state index in [1.165, 1.54) is 44.9 Å². The molecule has 0 amide bonds. The van der Waals surface area contributed by atoms with E-state index in [1.807, 2.05) is 0 Å². The van der Waals surface area contributed by atoms with Gasteiger partial charge in [-0.15, -0.1) is 0 Å². The first-order valence-corrected chi connectivity index (χ1v) is 10.9. The van der Waals surface area contributed by atoms with Crippen LogP contribution in [0.3, 0.4) is 0 Å². The molecule has 0 aromatic heterocycles. The lowest BCUT2D eigenvalue weighted by molar-refractivity contribution is 0.0759. The predicted octanol–water partition coefficient (Wildman–Crippen LogP) is 4.51. The summed E-state index contributed by atoms with van der Waals surface area (Å²) in [6.45, 7) is 11.8. The summed E-state index contributed by atoms with van der Waals surface area (Å²) in [6.07, 6.45) is 10.4. The molecule has 0 aliphatic carbocycles. The minimum atomic E-state index is -0.930. The Morgan fingerprint density at radius 1 is 0.895 bits per heavy atom. The van der Waals surface area contributed by atoms with E-state index in [4.69, 9.17) is 9.53 Å². The van der Waals surface area contributed by atoms with E-state index in [0.29, 0.717) is 12.7 Å². The number of aliphatic hydroxyl groups is 1. The minimum absolute atomic E-state index is 0.276. The van der Waals surface area contributed by atoms with Crippen molar-refractivity contribution in [3.05, 3.63) is 0 Å². The monoisotopic (exact) mass is 288 g/mol. The Kier molecular flexibility index (Phi) is 10.9. The minimum Gasteiger partial charge on any atom is -0.417 e. The smallest absolute Gasteiger partial charge is 0.171 e. The van der Waals surface area contributed by atoms with Crippen LogP contribution in [-0.4, -0.2) is 26.9 Å². The van der Waals surface area contributed by atoms with Crippen molar-refractivity contribution in [3.8, 4) is 0 Å². The number of rotatable bonds is 11. The van der Waals surface area contributed by atoms with Gasteiger partial charge in [0.2, 0.25) is 0 Å². The summed E-state index contributed by atoms with van der Waals surface area (Å²) >= 11 is 0. The van der Waals surface area contributed by atoms with Crippen molar-refractivity contribution in [2.45, 2.75) is 91.3 Å². The Labute approximate surface area is 122 Å². The maximum absolute atomic E-state index is 8.71. The summed E-state index contributed by atoms with van der Waals surface area (Å²) in [4.78, 5) is 0. The van der Waals surface area contributed by atoms with E-state index in [0.717, 1.165) is 6.42 Å². The molecule has 116 valence electrons. The predicted molar refractivity (Wildman–Crippen MR) is 87.2 cm³/mol. The fraction of sp³-hybridized carbons (Fsp3) is 1.00. The molecule has 0 spiro atoms. The van der Waals surface area contributed by atoms with E-state index in [1.54, 1.807) is 0 Å². The Morgan fingerprint density at radius 2 is 1.37 bits per heavy atom. The van der Waals surface area contributed by atoms with Crippen molar-refractivity contribution in [1.82, 2.24) is 0 Å². The highest BCUT2D eigenvalue weighted by atomic mass is 28.3. The Morgan fingerprint density at radius 3 is 1.79 bits per heavy atom. The van der Waals surface area contributed by atoms with Crippen molar-refractivity contribution in [2.75, 3.05) is 6.61 Å². The molecule has 0 heterocycles. The zero-order valence-electron chi connectivity index (χ0n) is 13.9. The first kappa shape index (κ1) is 19.1. The van der Waals surface area contributed by atoms with Gasteiger partial charge in [0.1, 0.15) is 0 Å². The molecule has 3 heteroatoms. The molecule has 1 unspecified atom stereocenters. The van der Waals surface area contributed by atoms with Crippen LogP contribution < -0.4 is 0 Å². The first-order valence-electron chi connectivity index (χ1n) is 8.14. The van der Waals surface area contributed by atoms with Crippen LogP contribution in [-0.2, 0) is 4.43 Å². The summed E-state index contributed by atoms with van der Waals surface area (Å²) in [7, 11) is -0.930. The van der Waals surface area contributed by atoms with E-state index in [9.17, 15) is 0 Å². The zero-order chi connectivity index (χ0) is 14.7. The Bertz CT molecular complexity index is 199. The lowest BCUT2D eigenvalue weighted by Crippen LogP contribution is -2.33. The fourth-order valence-electron chi connectivity index (χ4n) is 2.36. The molecule has 0 aliphatic rings. The van der Waals surface area contributed by atoms with E-state index in [2.05, 4.69) is 33.9 Å². The average molecular weight is 289 g/mol. The van der Waals surface area contributed by atoms with Crippen molar-refractivity contribution in [1.29, 1.82) is 0 Å². The molecule has 2 nitrogen and oxygen atoms in total. The van der Waals surface area contributed by atoms with Crippen LogP contribution in [0.5, 0.6) is 0 Å². The normalized spacial score (nSPS) is 14.1. The third-order valence-corrected chi connectivity index (χ3v) is 4.40. The molecule has 0 aromatic carbocycles. The van der Waals surface area contributed by atoms with Gasteiger partial charge < -0.3 is 9.53 Å². The highest BCUT2D eigenvalue weighted by Crippen LogP contribution is 2.27. The quantitative estimate of drug-likeness (QED) is 0.447. The van der Waals surface area contributed by atoms with Gasteiger partial charge in [0.25, 0.3) is 0 Å². The number of aliphatic hydroxyl groups excluding tert-OH is 1. The number of hydrogen-bond donors (Lipinski definition) is 1. The third-order valence-electron chi connectivity index (χ3n) is 3.53. The zero-order valence-corrected chi connectivity index (χ0v) is 15.0. The van der Waals surface area contributed by atoms with E-state index >= 15 is 0 Å². The van der Waals surface area contributed by atoms with Gasteiger partial charge in [-0.2, -0.15) is 0 Å². The topological polar surface area (TPSA) is 29.5 Å². The molecular formula is C16H36O2Si. The maximum Gasteiger partial charge on any atom is 0.171 e. The molecule has 1 N–H and O–H groups in total. The van der Waals surface area contributed by atoms with Gasteiger partial charge in [0, 0.05) is 12.7 Å². The van der Waals surface area contributed by atoms with Crippen LogP contribution in [0.1, 0.15) is 72.1 Å². The summed E-state index contributed by atoms with van der Waals surface area (Å²) in [5.41, 5.74) is 0.276. The molecule has 0 saturated heterocycles. The van der Waals surface area contributed by atoms with Crippen LogP contribution in [0.15, 0.2) is 0 Å². The van der Waals surface area contributed by atoms with E-state index in [-0.39, 0.29) is 5.41 Å². The van der Waals surface area contributed by atoms with Crippen LogP contribution in [0, 0.1) is 5.41 Å². The second kappa shape index (κ2) is 10.9. The Balaban J connectivity index is 3.64. The van der Waals surface area contributed by atoms with Gasteiger partial charge in [-0.05, 0) is 31.4 Å². The van der Waals surface area contributed by atoms with E-state index < -0.39 is 9.04 Å². The van der Waals surface area contributed by atoms with Crippen molar-refractivity contribution < 1.29 is 9.53 Å². The number of unbranched alkanes of at least 4 members (excludes halogenated alkanes) is 6. The first-order chi connectivity index (χ1) is 8.88. The van der Waals surface area contributed by atoms with Crippen LogP contribution >= 0.6 is 0 Å². The molecule has 0 aromatic rings. The summed E-state index contributed by atoms with van der Waals surface area (Å²) in [5.74, 6) is 0. The summed E-state index contributed by atoms with van der Waals surface area (Å²) in [6, 6.07) is 0. The van der Waals surface area contributed by atoms with Crippen molar-refractivity contribution >= 4 is 9.04 Å². The van der Waals surface area contributed by atoms with Gasteiger partial charge in [-0.1, -0.05) is 59.3 Å². The van der Waals surface area contributed by atoms with Gasteiger partial charge in [-0.3, -0.25) is 0 Å². The molecular weight excluding hydrogens is 252 g/mol. The van der Waals surface area contributed by atoms with Crippen molar-refractivity contribution in [3.63, 3.8) is 0 Å². The molecule has 0 rings (SSSR count). The second-order valence-electron chi connectivity index (χ2n) is 7.03. The average Bonchev–Trinajstić information content (AvgIpc) is 2.29. The largest absolute Gasteiger partial charge is 0.417 e. The second-order valence-corrected chi connectivity index (χ2v) is 9.40. The molecule has 1 atom stereocenters. The lowest BCUT2D eigenvalue weighted by atomic mass is 9.86.